The lowest BCUT2D eigenvalue weighted by Crippen LogP contribution is -1.97. The quantitative estimate of drug-likeness (QED) is 0.883. The van der Waals surface area contributed by atoms with E-state index in [9.17, 15) is 4.79 Å². The van der Waals surface area contributed by atoms with Crippen LogP contribution >= 0.6 is 23.1 Å². The number of rotatable bonds is 4. The van der Waals surface area contributed by atoms with Crippen LogP contribution in [-0.4, -0.2) is 21.3 Å². The Hall–Kier alpha value is -0.550. The van der Waals surface area contributed by atoms with E-state index >= 15 is 0 Å². The lowest BCUT2D eigenvalue weighted by Gasteiger charge is -2.05. The van der Waals surface area contributed by atoms with E-state index in [4.69, 9.17) is 5.11 Å². The van der Waals surface area contributed by atoms with Crippen LogP contribution in [-0.2, 0) is 5.75 Å². The highest BCUT2D eigenvalue weighted by Crippen LogP contribution is 2.32. The fourth-order valence-corrected chi connectivity index (χ4v) is 3.86. The molecule has 15 heavy (non-hydrogen) atoms. The first kappa shape index (κ1) is 11.0. The van der Waals surface area contributed by atoms with Gasteiger partial charge in [-0.05, 0) is 12.8 Å². The van der Waals surface area contributed by atoms with Crippen molar-refractivity contribution in [2.45, 2.75) is 36.7 Å². The van der Waals surface area contributed by atoms with E-state index in [1.165, 1.54) is 37.0 Å². The minimum Gasteiger partial charge on any atom is -0.476 e. The molecule has 2 rings (SSSR count). The third-order valence-corrected chi connectivity index (χ3v) is 4.93. The molecule has 5 heteroatoms. The van der Waals surface area contributed by atoms with Gasteiger partial charge < -0.3 is 5.11 Å². The zero-order chi connectivity index (χ0) is 10.7. The predicted molar refractivity (Wildman–Crippen MR) is 62.6 cm³/mol. The van der Waals surface area contributed by atoms with Crippen molar-refractivity contribution in [3.8, 4) is 0 Å². The lowest BCUT2D eigenvalue weighted by molar-refractivity contribution is 0.0691. The van der Waals surface area contributed by atoms with Crippen LogP contribution in [0.25, 0.3) is 0 Å². The number of carbonyl (C=O) groups is 1. The molecule has 1 N–H and O–H groups in total. The van der Waals surface area contributed by atoms with Crippen LogP contribution in [0.5, 0.6) is 0 Å². The van der Waals surface area contributed by atoms with Crippen molar-refractivity contribution in [2.24, 2.45) is 0 Å². The van der Waals surface area contributed by atoms with Crippen LogP contribution in [0.4, 0.5) is 0 Å². The summed E-state index contributed by atoms with van der Waals surface area (Å²) >= 11 is 3.37. The maximum atomic E-state index is 10.6. The smallest absolute Gasteiger partial charge is 0.355 e. The first-order valence-corrected chi connectivity index (χ1v) is 6.98. The Bertz CT molecular complexity index is 345. The highest BCUT2D eigenvalue weighted by atomic mass is 32.2. The molecule has 3 nitrogen and oxygen atoms in total. The van der Waals surface area contributed by atoms with E-state index in [0.717, 1.165) is 16.0 Å². The third-order valence-electron chi connectivity index (χ3n) is 2.52. The highest BCUT2D eigenvalue weighted by molar-refractivity contribution is 7.99. The molecule has 1 heterocycles. The monoisotopic (exact) mass is 243 g/mol. The van der Waals surface area contributed by atoms with Crippen LogP contribution in [0.3, 0.4) is 0 Å². The summed E-state index contributed by atoms with van der Waals surface area (Å²) in [6, 6.07) is 0. The summed E-state index contributed by atoms with van der Waals surface area (Å²) in [5.74, 6) is -0.0637. The van der Waals surface area contributed by atoms with Crippen molar-refractivity contribution in [2.75, 3.05) is 0 Å². The molecule has 1 aromatic rings. The first-order chi connectivity index (χ1) is 7.25. The van der Waals surface area contributed by atoms with E-state index < -0.39 is 5.97 Å². The maximum Gasteiger partial charge on any atom is 0.355 e. The Balaban J connectivity index is 1.84. The lowest BCUT2D eigenvalue weighted by atomic mass is 10.4. The summed E-state index contributed by atoms with van der Waals surface area (Å²) in [5.41, 5.74) is 0.182. The van der Waals surface area contributed by atoms with Crippen LogP contribution in [0, 0.1) is 0 Å². The first-order valence-electron chi connectivity index (χ1n) is 5.05. The van der Waals surface area contributed by atoms with Crippen molar-refractivity contribution in [1.82, 2.24) is 4.98 Å². The van der Waals surface area contributed by atoms with E-state index in [1.54, 1.807) is 5.38 Å². The number of hydrogen-bond acceptors (Lipinski definition) is 4. The number of aromatic carboxylic acids is 1. The number of thiazole rings is 1. The summed E-state index contributed by atoms with van der Waals surface area (Å²) in [6.45, 7) is 0. The molecular formula is C10H13NO2S2. The second-order valence-corrected chi connectivity index (χ2v) is 5.88. The van der Waals surface area contributed by atoms with Gasteiger partial charge in [0.1, 0.15) is 5.01 Å². The summed E-state index contributed by atoms with van der Waals surface area (Å²) in [5, 5.41) is 12.0. The van der Waals surface area contributed by atoms with Gasteiger partial charge >= 0.3 is 5.97 Å². The average Bonchev–Trinajstić information content (AvgIpc) is 2.86. The van der Waals surface area contributed by atoms with E-state index in [2.05, 4.69) is 4.98 Å². The molecule has 82 valence electrons. The molecular weight excluding hydrogens is 230 g/mol. The van der Waals surface area contributed by atoms with Gasteiger partial charge in [-0.1, -0.05) is 12.8 Å². The van der Waals surface area contributed by atoms with Gasteiger partial charge in [-0.3, -0.25) is 0 Å². The molecule has 0 spiro atoms. The SMILES string of the molecule is O=C(O)c1csc(CSC2CCCC2)n1. The van der Waals surface area contributed by atoms with Gasteiger partial charge in [0.05, 0.1) is 0 Å². The number of thioether (sulfide) groups is 1. The van der Waals surface area contributed by atoms with Gasteiger partial charge in [0.15, 0.2) is 5.69 Å². The molecule has 1 fully saturated rings. The molecule has 0 atom stereocenters. The van der Waals surface area contributed by atoms with E-state index in [0.29, 0.717) is 0 Å². The van der Waals surface area contributed by atoms with Gasteiger partial charge in [0.2, 0.25) is 0 Å². The topological polar surface area (TPSA) is 50.2 Å². The molecule has 1 saturated carbocycles. The summed E-state index contributed by atoms with van der Waals surface area (Å²) < 4.78 is 0. The molecule has 0 unspecified atom stereocenters. The van der Waals surface area contributed by atoms with Gasteiger partial charge in [-0.2, -0.15) is 11.8 Å². The zero-order valence-corrected chi connectivity index (χ0v) is 9.94. The average molecular weight is 243 g/mol. The van der Waals surface area contributed by atoms with Crippen molar-refractivity contribution < 1.29 is 9.90 Å². The normalized spacial score (nSPS) is 17.1. The number of hydrogen-bond donors (Lipinski definition) is 1. The Labute approximate surface area is 96.9 Å². The molecule has 0 bridgehead atoms. The molecule has 0 amide bonds. The Kier molecular flexibility index (Phi) is 3.64. The minimum absolute atomic E-state index is 0.182. The van der Waals surface area contributed by atoms with Crippen molar-refractivity contribution in [3.63, 3.8) is 0 Å². The minimum atomic E-state index is -0.927. The Morgan fingerprint density at radius 1 is 1.60 bits per heavy atom. The predicted octanol–water partition coefficient (Wildman–Crippen LogP) is 3.02. The number of carboxylic acid groups (broad SMARTS) is 1. The van der Waals surface area contributed by atoms with Crippen LogP contribution in [0.15, 0.2) is 5.38 Å². The second kappa shape index (κ2) is 4.99. The fraction of sp³-hybridized carbons (Fsp3) is 0.600. The fourth-order valence-electron chi connectivity index (χ4n) is 1.72. The zero-order valence-electron chi connectivity index (χ0n) is 8.31. The van der Waals surface area contributed by atoms with Crippen molar-refractivity contribution in [3.05, 3.63) is 16.1 Å². The largest absolute Gasteiger partial charge is 0.476 e. The molecule has 1 aromatic heterocycles. The van der Waals surface area contributed by atoms with Gasteiger partial charge in [0, 0.05) is 16.4 Å². The molecule has 0 aliphatic heterocycles. The number of carboxylic acids is 1. The molecule has 0 radical (unpaired) electrons. The van der Waals surface area contributed by atoms with E-state index in [-0.39, 0.29) is 5.69 Å². The van der Waals surface area contributed by atoms with Gasteiger partial charge in [-0.25, -0.2) is 9.78 Å². The van der Waals surface area contributed by atoms with Crippen LogP contribution in [0.2, 0.25) is 0 Å². The standard InChI is InChI=1S/C10H13NO2S2/c12-10(13)8-5-15-9(11-8)6-14-7-3-1-2-4-7/h5,7H,1-4,6H2,(H,12,13). The van der Waals surface area contributed by atoms with Crippen molar-refractivity contribution >= 4 is 29.1 Å². The highest BCUT2D eigenvalue weighted by Gasteiger charge is 2.16. The molecule has 0 saturated heterocycles. The van der Waals surface area contributed by atoms with E-state index in [1.807, 2.05) is 11.8 Å². The summed E-state index contributed by atoms with van der Waals surface area (Å²) in [4.78, 5) is 14.7. The second-order valence-electron chi connectivity index (χ2n) is 3.65. The van der Waals surface area contributed by atoms with Crippen LogP contribution in [0.1, 0.15) is 41.2 Å². The molecule has 0 aromatic carbocycles. The van der Waals surface area contributed by atoms with Gasteiger partial charge in [-0.15, -0.1) is 11.3 Å². The molecule has 1 aliphatic carbocycles. The number of aromatic nitrogens is 1. The Morgan fingerprint density at radius 2 is 2.33 bits per heavy atom. The molecule has 1 aliphatic rings. The van der Waals surface area contributed by atoms with Crippen molar-refractivity contribution in [1.29, 1.82) is 0 Å². The van der Waals surface area contributed by atoms with Gasteiger partial charge in [0.25, 0.3) is 0 Å². The summed E-state index contributed by atoms with van der Waals surface area (Å²) in [6.07, 6.45) is 5.30. The van der Waals surface area contributed by atoms with Crippen LogP contribution < -0.4 is 0 Å². The number of nitrogens with zero attached hydrogens (tertiary/aromatic N) is 1. The summed E-state index contributed by atoms with van der Waals surface area (Å²) in [7, 11) is 0. The third kappa shape index (κ3) is 2.95. The maximum absolute atomic E-state index is 10.6. The Morgan fingerprint density at radius 3 is 2.93 bits per heavy atom.